The third-order valence-corrected chi connectivity index (χ3v) is 4.88. The SMILES string of the molecule is CC(Cc1ccn(C2CCCC2)n1)(C(=O)O)C1CC1. The van der Waals surface area contributed by atoms with Gasteiger partial charge in [-0.15, -0.1) is 0 Å². The highest BCUT2D eigenvalue weighted by atomic mass is 16.4. The summed E-state index contributed by atoms with van der Waals surface area (Å²) >= 11 is 0. The highest BCUT2D eigenvalue weighted by Gasteiger charge is 2.47. The highest BCUT2D eigenvalue weighted by molar-refractivity contribution is 5.75. The first-order chi connectivity index (χ1) is 9.09. The van der Waals surface area contributed by atoms with Crippen LogP contribution in [0.3, 0.4) is 0 Å². The quantitative estimate of drug-likeness (QED) is 0.887. The maximum Gasteiger partial charge on any atom is 0.310 e. The highest BCUT2D eigenvalue weighted by Crippen LogP contribution is 2.47. The van der Waals surface area contributed by atoms with Gasteiger partial charge in [0.2, 0.25) is 0 Å². The molecule has 1 aromatic heterocycles. The molecule has 0 bridgehead atoms. The molecular weight excluding hydrogens is 240 g/mol. The number of carbonyl (C=O) groups is 1. The number of hydrogen-bond donors (Lipinski definition) is 1. The minimum Gasteiger partial charge on any atom is -0.481 e. The summed E-state index contributed by atoms with van der Waals surface area (Å²) in [7, 11) is 0. The van der Waals surface area contributed by atoms with Gasteiger partial charge in [0.1, 0.15) is 0 Å². The van der Waals surface area contributed by atoms with Crippen molar-refractivity contribution in [2.24, 2.45) is 11.3 Å². The molecule has 2 fully saturated rings. The Morgan fingerprint density at radius 1 is 1.42 bits per heavy atom. The van der Waals surface area contributed by atoms with Crippen molar-refractivity contribution >= 4 is 5.97 Å². The van der Waals surface area contributed by atoms with E-state index in [1.165, 1.54) is 25.7 Å². The average Bonchev–Trinajstić information content (AvgIpc) is 2.90. The Morgan fingerprint density at radius 3 is 2.68 bits per heavy atom. The zero-order valence-corrected chi connectivity index (χ0v) is 11.5. The molecule has 4 heteroatoms. The summed E-state index contributed by atoms with van der Waals surface area (Å²) in [5.41, 5.74) is 0.304. The van der Waals surface area contributed by atoms with Gasteiger partial charge in [-0.2, -0.15) is 5.10 Å². The van der Waals surface area contributed by atoms with Crippen molar-refractivity contribution in [1.82, 2.24) is 9.78 Å². The summed E-state index contributed by atoms with van der Waals surface area (Å²) in [6, 6.07) is 2.53. The number of carboxylic acids is 1. The van der Waals surface area contributed by atoms with E-state index in [0.29, 0.717) is 18.4 Å². The second-order valence-corrected chi connectivity index (χ2v) is 6.40. The van der Waals surface area contributed by atoms with E-state index in [-0.39, 0.29) is 0 Å². The molecule has 1 heterocycles. The first-order valence-corrected chi connectivity index (χ1v) is 7.37. The first kappa shape index (κ1) is 12.7. The maximum absolute atomic E-state index is 11.5. The van der Waals surface area contributed by atoms with Gasteiger partial charge in [0.15, 0.2) is 0 Å². The summed E-state index contributed by atoms with van der Waals surface area (Å²) in [5, 5.41) is 14.1. The molecule has 0 aromatic carbocycles. The molecule has 1 atom stereocenters. The normalized spacial score (nSPS) is 23.4. The minimum absolute atomic E-state index is 0.335. The molecule has 0 amide bonds. The Hall–Kier alpha value is -1.32. The van der Waals surface area contributed by atoms with Gasteiger partial charge in [0.05, 0.1) is 17.2 Å². The van der Waals surface area contributed by atoms with Gasteiger partial charge in [0.25, 0.3) is 0 Å². The zero-order chi connectivity index (χ0) is 13.5. The van der Waals surface area contributed by atoms with Crippen molar-refractivity contribution in [2.45, 2.75) is 57.9 Å². The summed E-state index contributed by atoms with van der Waals surface area (Å²) in [6.45, 7) is 1.88. The topological polar surface area (TPSA) is 55.1 Å². The van der Waals surface area contributed by atoms with Crippen molar-refractivity contribution in [2.75, 3.05) is 0 Å². The fourth-order valence-electron chi connectivity index (χ4n) is 3.34. The van der Waals surface area contributed by atoms with Gasteiger partial charge in [-0.3, -0.25) is 9.48 Å². The lowest BCUT2D eigenvalue weighted by molar-refractivity contribution is -0.149. The van der Waals surface area contributed by atoms with Crippen LogP contribution in [0.1, 0.15) is 57.2 Å². The fraction of sp³-hybridized carbons (Fsp3) is 0.733. The van der Waals surface area contributed by atoms with Crippen LogP contribution in [-0.2, 0) is 11.2 Å². The van der Waals surface area contributed by atoms with Crippen molar-refractivity contribution in [1.29, 1.82) is 0 Å². The molecule has 0 radical (unpaired) electrons. The molecule has 3 rings (SSSR count). The van der Waals surface area contributed by atoms with Gasteiger partial charge >= 0.3 is 5.97 Å². The monoisotopic (exact) mass is 262 g/mol. The molecule has 1 N–H and O–H groups in total. The molecule has 1 aromatic rings. The van der Waals surface area contributed by atoms with Crippen molar-refractivity contribution in [3.63, 3.8) is 0 Å². The van der Waals surface area contributed by atoms with Crippen LogP contribution in [0.4, 0.5) is 0 Å². The lowest BCUT2D eigenvalue weighted by Gasteiger charge is -2.23. The van der Waals surface area contributed by atoms with E-state index < -0.39 is 11.4 Å². The van der Waals surface area contributed by atoms with Gasteiger partial charge in [-0.05, 0) is 44.6 Å². The van der Waals surface area contributed by atoms with Gasteiger partial charge < -0.3 is 5.11 Å². The summed E-state index contributed by atoms with van der Waals surface area (Å²) in [5.74, 6) is -0.341. The molecule has 4 nitrogen and oxygen atoms in total. The van der Waals surface area contributed by atoms with E-state index >= 15 is 0 Å². The number of nitrogens with zero attached hydrogens (tertiary/aromatic N) is 2. The number of carboxylic acid groups (broad SMARTS) is 1. The first-order valence-electron chi connectivity index (χ1n) is 7.37. The molecule has 0 saturated heterocycles. The van der Waals surface area contributed by atoms with Gasteiger partial charge in [-0.1, -0.05) is 12.8 Å². The van der Waals surface area contributed by atoms with Crippen LogP contribution in [-0.4, -0.2) is 20.9 Å². The van der Waals surface area contributed by atoms with E-state index in [4.69, 9.17) is 0 Å². The number of rotatable bonds is 5. The Labute approximate surface area is 113 Å². The predicted molar refractivity (Wildman–Crippen MR) is 71.9 cm³/mol. The Balaban J connectivity index is 1.73. The van der Waals surface area contributed by atoms with Crippen LogP contribution >= 0.6 is 0 Å². The standard InChI is InChI=1S/C15H22N2O2/c1-15(14(18)19,11-6-7-11)10-12-8-9-17(16-12)13-4-2-3-5-13/h8-9,11,13H,2-7,10H2,1H3,(H,18,19). The molecule has 104 valence electrons. The Kier molecular flexibility index (Phi) is 3.11. The molecular formula is C15H22N2O2. The molecule has 0 spiro atoms. The molecule has 2 aliphatic rings. The predicted octanol–water partition coefficient (Wildman–Crippen LogP) is 3.04. The molecule has 19 heavy (non-hydrogen) atoms. The molecule has 2 saturated carbocycles. The van der Waals surface area contributed by atoms with E-state index in [0.717, 1.165) is 18.5 Å². The van der Waals surface area contributed by atoms with E-state index in [1.54, 1.807) is 0 Å². The summed E-state index contributed by atoms with van der Waals surface area (Å²) < 4.78 is 2.05. The number of aliphatic carboxylic acids is 1. The summed E-state index contributed by atoms with van der Waals surface area (Å²) in [4.78, 5) is 11.5. The third-order valence-electron chi connectivity index (χ3n) is 4.88. The van der Waals surface area contributed by atoms with Crippen molar-refractivity contribution < 1.29 is 9.90 Å². The number of aromatic nitrogens is 2. The fourth-order valence-corrected chi connectivity index (χ4v) is 3.34. The zero-order valence-electron chi connectivity index (χ0n) is 11.5. The maximum atomic E-state index is 11.5. The van der Waals surface area contributed by atoms with Crippen molar-refractivity contribution in [3.05, 3.63) is 18.0 Å². The largest absolute Gasteiger partial charge is 0.481 e. The van der Waals surface area contributed by atoms with Crippen LogP contribution in [0.15, 0.2) is 12.3 Å². The average molecular weight is 262 g/mol. The van der Waals surface area contributed by atoms with E-state index in [9.17, 15) is 9.90 Å². The second-order valence-electron chi connectivity index (χ2n) is 6.40. The lowest BCUT2D eigenvalue weighted by Crippen LogP contribution is -2.32. The van der Waals surface area contributed by atoms with Crippen LogP contribution < -0.4 is 0 Å². The van der Waals surface area contributed by atoms with E-state index in [1.807, 2.05) is 19.2 Å². The summed E-state index contributed by atoms with van der Waals surface area (Å²) in [6.07, 6.45) is 9.68. The number of hydrogen-bond acceptors (Lipinski definition) is 2. The van der Waals surface area contributed by atoms with Gasteiger partial charge in [0, 0.05) is 12.6 Å². The van der Waals surface area contributed by atoms with Crippen LogP contribution in [0, 0.1) is 11.3 Å². The smallest absolute Gasteiger partial charge is 0.310 e. The third kappa shape index (κ3) is 2.40. The van der Waals surface area contributed by atoms with Crippen molar-refractivity contribution in [3.8, 4) is 0 Å². The van der Waals surface area contributed by atoms with Crippen LogP contribution in [0.2, 0.25) is 0 Å². The Morgan fingerprint density at radius 2 is 2.11 bits per heavy atom. The minimum atomic E-state index is -0.676. The second kappa shape index (κ2) is 4.66. The molecule has 2 aliphatic carbocycles. The Bertz CT molecular complexity index is 472. The molecule has 0 aliphatic heterocycles. The van der Waals surface area contributed by atoms with Crippen LogP contribution in [0.25, 0.3) is 0 Å². The molecule has 1 unspecified atom stereocenters. The lowest BCUT2D eigenvalue weighted by atomic mass is 9.80. The van der Waals surface area contributed by atoms with Crippen LogP contribution in [0.5, 0.6) is 0 Å². The van der Waals surface area contributed by atoms with Gasteiger partial charge in [-0.25, -0.2) is 0 Å². The van der Waals surface area contributed by atoms with E-state index in [2.05, 4.69) is 9.78 Å².